The second kappa shape index (κ2) is 6.36. The SMILES string of the molecule is OOC(=C(F)F)C(F)(F)C(F)(F)C(F)(F)C(F)(F)C(F)(F)CI. The highest BCUT2D eigenvalue weighted by Crippen LogP contribution is 2.59. The first-order valence-electron chi connectivity index (χ1n) is 4.78. The van der Waals surface area contributed by atoms with Gasteiger partial charge in [0.05, 0.1) is 4.43 Å². The zero-order valence-electron chi connectivity index (χ0n) is 9.98. The van der Waals surface area contributed by atoms with E-state index in [0.717, 1.165) is 0 Å². The van der Waals surface area contributed by atoms with Gasteiger partial charge in [-0.05, 0) is 0 Å². The minimum Gasteiger partial charge on any atom is -0.332 e. The maximum Gasteiger partial charge on any atom is 0.386 e. The average molecular weight is 486 g/mol. The summed E-state index contributed by atoms with van der Waals surface area (Å²) in [6, 6.07) is 0. The highest BCUT2D eigenvalue weighted by molar-refractivity contribution is 14.1. The van der Waals surface area contributed by atoms with E-state index >= 15 is 0 Å². The third kappa shape index (κ3) is 3.17. The molecule has 0 aliphatic carbocycles. The molecule has 0 aromatic heterocycles. The number of hydrogen-bond donors (Lipinski definition) is 1. The molecule has 0 atom stereocenters. The molecule has 23 heavy (non-hydrogen) atoms. The molecule has 15 heteroatoms. The second-order valence-corrected chi connectivity index (χ2v) is 4.58. The molecule has 0 fully saturated rings. The third-order valence-corrected chi connectivity index (χ3v) is 3.32. The van der Waals surface area contributed by atoms with Gasteiger partial charge in [0.2, 0.25) is 0 Å². The molecule has 138 valence electrons. The maximum atomic E-state index is 13.1. The topological polar surface area (TPSA) is 29.5 Å². The molecule has 0 aromatic rings. The van der Waals surface area contributed by atoms with E-state index in [1.54, 1.807) is 0 Å². The van der Waals surface area contributed by atoms with Crippen LogP contribution in [0.4, 0.5) is 52.7 Å². The zero-order chi connectivity index (χ0) is 19.1. The first-order chi connectivity index (χ1) is 9.95. The summed E-state index contributed by atoms with van der Waals surface area (Å²) in [7, 11) is 0. The summed E-state index contributed by atoms with van der Waals surface area (Å²) in [6.07, 6.45) is -3.98. The van der Waals surface area contributed by atoms with E-state index in [9.17, 15) is 52.7 Å². The number of alkyl halides is 11. The fourth-order valence-corrected chi connectivity index (χ4v) is 1.54. The summed E-state index contributed by atoms with van der Waals surface area (Å²) in [4.78, 5) is 2.12. The Bertz CT molecular complexity index is 470. The largest absolute Gasteiger partial charge is 0.386 e. The highest BCUT2D eigenvalue weighted by atomic mass is 127. The summed E-state index contributed by atoms with van der Waals surface area (Å²) in [5.41, 5.74) is 0. The van der Waals surface area contributed by atoms with Crippen LogP contribution in [0.25, 0.3) is 0 Å². The zero-order valence-corrected chi connectivity index (χ0v) is 12.1. The standard InChI is InChI=1S/C8H3F12IO2/c9-3(10)2(23-22)5(13,14)7(17,18)8(19,20)6(15,16)4(11,12)1-21/h22H,1H2. The minimum atomic E-state index is -7.50. The molecule has 0 saturated heterocycles. The van der Waals surface area contributed by atoms with Crippen LogP contribution in [0, 0.1) is 0 Å². The summed E-state index contributed by atoms with van der Waals surface area (Å²) < 4.78 is 151. The predicted octanol–water partition coefficient (Wildman–Crippen LogP) is 5.20. The van der Waals surface area contributed by atoms with Gasteiger partial charge in [0.15, 0.2) is 0 Å². The van der Waals surface area contributed by atoms with Crippen molar-refractivity contribution in [3.63, 3.8) is 0 Å². The Balaban J connectivity index is 6.34. The Morgan fingerprint density at radius 3 is 1.43 bits per heavy atom. The van der Waals surface area contributed by atoms with Gasteiger partial charge >= 0.3 is 35.7 Å². The van der Waals surface area contributed by atoms with Gasteiger partial charge in [-0.15, -0.1) is 0 Å². The molecular formula is C8H3F12IO2. The predicted molar refractivity (Wildman–Crippen MR) is 56.6 cm³/mol. The lowest BCUT2D eigenvalue weighted by Crippen LogP contribution is -2.68. The van der Waals surface area contributed by atoms with Crippen LogP contribution in [0.3, 0.4) is 0 Å². The van der Waals surface area contributed by atoms with Gasteiger partial charge in [0.1, 0.15) is 0 Å². The molecule has 0 rings (SSSR count). The van der Waals surface area contributed by atoms with Gasteiger partial charge in [-0.25, -0.2) is 5.26 Å². The molecule has 1 N–H and O–H groups in total. The van der Waals surface area contributed by atoms with E-state index in [1.807, 2.05) is 0 Å². The van der Waals surface area contributed by atoms with Crippen molar-refractivity contribution >= 4 is 22.6 Å². The van der Waals surface area contributed by atoms with Crippen molar-refractivity contribution in [3.8, 4) is 0 Å². The van der Waals surface area contributed by atoms with Crippen molar-refractivity contribution in [1.29, 1.82) is 0 Å². The van der Waals surface area contributed by atoms with E-state index in [2.05, 4.69) is 4.89 Å². The van der Waals surface area contributed by atoms with Gasteiger partial charge in [-0.1, -0.05) is 22.6 Å². The first-order valence-corrected chi connectivity index (χ1v) is 6.30. The van der Waals surface area contributed by atoms with Crippen LogP contribution in [0.5, 0.6) is 0 Å². The third-order valence-electron chi connectivity index (χ3n) is 2.36. The van der Waals surface area contributed by atoms with Crippen molar-refractivity contribution in [2.24, 2.45) is 0 Å². The second-order valence-electron chi connectivity index (χ2n) is 3.82. The summed E-state index contributed by atoms with van der Waals surface area (Å²) >= 11 is 0.386. The average Bonchev–Trinajstić information content (AvgIpc) is 2.37. The minimum absolute atomic E-state index is 0.386. The van der Waals surface area contributed by atoms with Crippen molar-refractivity contribution in [3.05, 3.63) is 11.8 Å². The Kier molecular flexibility index (Phi) is 6.19. The molecule has 0 radical (unpaired) electrons. The summed E-state index contributed by atoms with van der Waals surface area (Å²) in [5.74, 6) is -38.7. The number of rotatable bonds is 7. The van der Waals surface area contributed by atoms with Crippen molar-refractivity contribution in [2.75, 3.05) is 4.43 Å². The lowest BCUT2D eigenvalue weighted by atomic mass is 9.94. The van der Waals surface area contributed by atoms with Crippen molar-refractivity contribution in [1.82, 2.24) is 0 Å². The van der Waals surface area contributed by atoms with E-state index in [-0.39, 0.29) is 0 Å². The number of allylic oxidation sites excluding steroid dienone is 1. The smallest absolute Gasteiger partial charge is 0.332 e. The first kappa shape index (κ1) is 22.4. The van der Waals surface area contributed by atoms with Crippen LogP contribution in [0.1, 0.15) is 0 Å². The lowest BCUT2D eigenvalue weighted by molar-refractivity contribution is -0.401. The van der Waals surface area contributed by atoms with Gasteiger partial charge < -0.3 is 4.89 Å². The molecule has 2 nitrogen and oxygen atoms in total. The van der Waals surface area contributed by atoms with Gasteiger partial charge in [-0.2, -0.15) is 52.7 Å². The summed E-state index contributed by atoms with van der Waals surface area (Å²) in [5, 5.41) is 7.64. The normalized spacial score (nSPS) is 14.7. The van der Waals surface area contributed by atoms with Crippen molar-refractivity contribution in [2.45, 2.75) is 29.6 Å². The molecule has 0 amide bonds. The van der Waals surface area contributed by atoms with Crippen LogP contribution < -0.4 is 0 Å². The Labute approximate surface area is 132 Å². The lowest BCUT2D eigenvalue weighted by Gasteiger charge is -2.38. The molecular weight excluding hydrogens is 483 g/mol. The molecule has 0 aliphatic rings. The monoisotopic (exact) mass is 486 g/mol. The van der Waals surface area contributed by atoms with Crippen LogP contribution in [-0.2, 0) is 4.89 Å². The van der Waals surface area contributed by atoms with Crippen LogP contribution in [0.2, 0.25) is 0 Å². The van der Waals surface area contributed by atoms with E-state index in [1.165, 1.54) is 0 Å². The van der Waals surface area contributed by atoms with E-state index in [0.29, 0.717) is 22.6 Å². The maximum absolute atomic E-state index is 13.1. The van der Waals surface area contributed by atoms with Gasteiger partial charge in [-0.3, -0.25) is 0 Å². The molecule has 0 spiro atoms. The molecule has 0 aliphatic heterocycles. The Morgan fingerprint density at radius 1 is 0.783 bits per heavy atom. The molecule has 0 unspecified atom stereocenters. The van der Waals surface area contributed by atoms with Crippen molar-refractivity contribution < 1.29 is 62.8 Å². The summed E-state index contributed by atoms with van der Waals surface area (Å²) in [6.45, 7) is 0. The fourth-order valence-electron chi connectivity index (χ4n) is 1.06. The Morgan fingerprint density at radius 2 is 1.17 bits per heavy atom. The van der Waals surface area contributed by atoms with Gasteiger partial charge in [0, 0.05) is 0 Å². The van der Waals surface area contributed by atoms with E-state index in [4.69, 9.17) is 5.26 Å². The van der Waals surface area contributed by atoms with Crippen LogP contribution >= 0.6 is 22.6 Å². The van der Waals surface area contributed by atoms with E-state index < -0.39 is 45.9 Å². The molecule has 0 heterocycles. The quantitative estimate of drug-likeness (QED) is 0.134. The number of hydrogen-bond acceptors (Lipinski definition) is 2. The number of halogens is 13. The fraction of sp³-hybridized carbons (Fsp3) is 0.750. The highest BCUT2D eigenvalue weighted by Gasteiger charge is 2.87. The van der Waals surface area contributed by atoms with Crippen LogP contribution in [-0.4, -0.2) is 39.3 Å². The molecule has 0 saturated carbocycles. The van der Waals surface area contributed by atoms with Crippen LogP contribution in [0.15, 0.2) is 11.8 Å². The molecule has 0 bridgehead atoms. The molecule has 0 aromatic carbocycles. The van der Waals surface area contributed by atoms with Gasteiger partial charge in [0.25, 0.3) is 5.76 Å². The Hall–Kier alpha value is -0.610.